The van der Waals surface area contributed by atoms with Gasteiger partial charge >= 0.3 is 6.18 Å². The van der Waals surface area contributed by atoms with Gasteiger partial charge in [0.25, 0.3) is 0 Å². The quantitative estimate of drug-likeness (QED) is 0.824. The molecule has 2 unspecified atom stereocenters. The summed E-state index contributed by atoms with van der Waals surface area (Å²) < 4.78 is 37.8. The Morgan fingerprint density at radius 3 is 2.33 bits per heavy atom. The number of alkyl halides is 3. The Bertz CT molecular complexity index is 635. The first-order valence-corrected chi connectivity index (χ1v) is 6.73. The lowest BCUT2D eigenvalue weighted by atomic mass is 9.90. The Morgan fingerprint density at radius 2 is 1.67 bits per heavy atom. The SMILES string of the molecule is NC1CC(c2ccc(C(F)(F)F)cc2)Nc2ccccc21. The molecule has 2 aromatic rings. The lowest BCUT2D eigenvalue weighted by molar-refractivity contribution is -0.137. The third-order valence-electron chi connectivity index (χ3n) is 3.82. The van der Waals surface area contributed by atoms with Gasteiger partial charge in [-0.25, -0.2) is 0 Å². The number of nitrogens with two attached hydrogens (primary N) is 1. The van der Waals surface area contributed by atoms with E-state index in [-0.39, 0.29) is 12.1 Å². The summed E-state index contributed by atoms with van der Waals surface area (Å²) >= 11 is 0. The number of para-hydroxylation sites is 1. The highest BCUT2D eigenvalue weighted by Crippen LogP contribution is 2.38. The summed E-state index contributed by atoms with van der Waals surface area (Å²) in [5, 5.41) is 3.34. The molecule has 0 aliphatic carbocycles. The van der Waals surface area contributed by atoms with Crippen LogP contribution in [0.25, 0.3) is 0 Å². The van der Waals surface area contributed by atoms with Crippen molar-refractivity contribution in [2.24, 2.45) is 5.73 Å². The van der Waals surface area contributed by atoms with Gasteiger partial charge in [0, 0.05) is 11.7 Å². The van der Waals surface area contributed by atoms with E-state index in [0.717, 1.165) is 28.9 Å². The highest BCUT2D eigenvalue weighted by molar-refractivity contribution is 5.56. The molecule has 2 atom stereocenters. The number of benzene rings is 2. The number of anilines is 1. The predicted molar refractivity (Wildman–Crippen MR) is 75.8 cm³/mol. The lowest BCUT2D eigenvalue weighted by Crippen LogP contribution is -2.26. The van der Waals surface area contributed by atoms with E-state index in [1.54, 1.807) is 0 Å². The number of hydrogen-bond acceptors (Lipinski definition) is 2. The zero-order valence-corrected chi connectivity index (χ0v) is 11.2. The molecule has 5 heteroatoms. The molecule has 0 aromatic heterocycles. The Balaban J connectivity index is 1.86. The fraction of sp³-hybridized carbons (Fsp3) is 0.250. The van der Waals surface area contributed by atoms with Gasteiger partial charge in [0.1, 0.15) is 0 Å². The summed E-state index contributed by atoms with van der Waals surface area (Å²) in [7, 11) is 0. The van der Waals surface area contributed by atoms with Crippen LogP contribution in [0, 0.1) is 0 Å². The van der Waals surface area contributed by atoms with Gasteiger partial charge in [0.15, 0.2) is 0 Å². The van der Waals surface area contributed by atoms with Crippen LogP contribution in [0.1, 0.15) is 35.2 Å². The van der Waals surface area contributed by atoms with E-state index in [9.17, 15) is 13.2 Å². The minimum Gasteiger partial charge on any atom is -0.378 e. The third-order valence-corrected chi connectivity index (χ3v) is 3.82. The van der Waals surface area contributed by atoms with Crippen molar-refractivity contribution in [2.45, 2.75) is 24.7 Å². The molecule has 21 heavy (non-hydrogen) atoms. The molecule has 0 saturated heterocycles. The van der Waals surface area contributed by atoms with Crippen LogP contribution in [0.2, 0.25) is 0 Å². The Labute approximate surface area is 120 Å². The molecule has 0 spiro atoms. The molecular formula is C16H15F3N2. The van der Waals surface area contributed by atoms with Gasteiger partial charge in [-0.15, -0.1) is 0 Å². The normalized spacial score (nSPS) is 21.5. The van der Waals surface area contributed by atoms with Crippen LogP contribution in [-0.2, 0) is 6.18 Å². The summed E-state index contributed by atoms with van der Waals surface area (Å²) in [4.78, 5) is 0. The molecule has 3 rings (SSSR count). The van der Waals surface area contributed by atoms with Crippen LogP contribution in [0.15, 0.2) is 48.5 Å². The monoisotopic (exact) mass is 292 g/mol. The Morgan fingerprint density at radius 1 is 1.00 bits per heavy atom. The van der Waals surface area contributed by atoms with Crippen molar-refractivity contribution < 1.29 is 13.2 Å². The maximum atomic E-state index is 12.6. The zero-order valence-electron chi connectivity index (χ0n) is 11.2. The molecule has 0 amide bonds. The molecule has 1 aliphatic rings. The lowest BCUT2D eigenvalue weighted by Gasteiger charge is -2.31. The topological polar surface area (TPSA) is 38.0 Å². The van der Waals surface area contributed by atoms with Crippen LogP contribution in [0.3, 0.4) is 0 Å². The second-order valence-corrected chi connectivity index (χ2v) is 5.25. The minimum atomic E-state index is -4.30. The third kappa shape index (κ3) is 2.74. The standard InChI is InChI=1S/C16H15F3N2/c17-16(18,19)11-7-5-10(6-8-11)15-9-13(20)12-3-1-2-4-14(12)21-15/h1-8,13,15,21H,9,20H2. The van der Waals surface area contributed by atoms with Crippen molar-refractivity contribution in [3.8, 4) is 0 Å². The van der Waals surface area contributed by atoms with Crippen molar-refractivity contribution in [3.63, 3.8) is 0 Å². The van der Waals surface area contributed by atoms with E-state index in [2.05, 4.69) is 5.32 Å². The van der Waals surface area contributed by atoms with Crippen LogP contribution in [0.5, 0.6) is 0 Å². The maximum absolute atomic E-state index is 12.6. The largest absolute Gasteiger partial charge is 0.416 e. The summed E-state index contributed by atoms with van der Waals surface area (Å²) in [5.74, 6) is 0. The second kappa shape index (κ2) is 5.07. The molecule has 3 N–H and O–H groups in total. The number of rotatable bonds is 1. The molecule has 2 aromatic carbocycles. The number of nitrogens with one attached hydrogen (secondary N) is 1. The number of hydrogen-bond donors (Lipinski definition) is 2. The van der Waals surface area contributed by atoms with Crippen molar-refractivity contribution in [1.29, 1.82) is 0 Å². The fourth-order valence-corrected chi connectivity index (χ4v) is 2.70. The van der Waals surface area contributed by atoms with Gasteiger partial charge in [-0.3, -0.25) is 0 Å². The molecule has 0 radical (unpaired) electrons. The molecule has 0 bridgehead atoms. The summed E-state index contributed by atoms with van der Waals surface area (Å²) in [6.45, 7) is 0. The summed E-state index contributed by atoms with van der Waals surface area (Å²) in [6, 6.07) is 12.8. The summed E-state index contributed by atoms with van der Waals surface area (Å²) in [5.41, 5.74) is 8.32. The van der Waals surface area contributed by atoms with Crippen LogP contribution >= 0.6 is 0 Å². The molecule has 1 aliphatic heterocycles. The Kier molecular flexibility index (Phi) is 3.37. The number of halogens is 3. The van der Waals surface area contributed by atoms with E-state index in [0.29, 0.717) is 6.42 Å². The average molecular weight is 292 g/mol. The van der Waals surface area contributed by atoms with Gasteiger partial charge < -0.3 is 11.1 Å². The first-order chi connectivity index (χ1) is 9.95. The Hall–Kier alpha value is -2.01. The van der Waals surface area contributed by atoms with Gasteiger partial charge in [0.2, 0.25) is 0 Å². The van der Waals surface area contributed by atoms with Gasteiger partial charge in [-0.05, 0) is 35.7 Å². The second-order valence-electron chi connectivity index (χ2n) is 5.25. The van der Waals surface area contributed by atoms with Gasteiger partial charge in [-0.2, -0.15) is 13.2 Å². The molecule has 0 saturated carbocycles. The highest BCUT2D eigenvalue weighted by Gasteiger charge is 2.31. The number of fused-ring (bicyclic) bond motifs is 1. The van der Waals surface area contributed by atoms with Crippen LogP contribution in [0.4, 0.5) is 18.9 Å². The van der Waals surface area contributed by atoms with Crippen molar-refractivity contribution in [3.05, 3.63) is 65.2 Å². The molecule has 1 heterocycles. The zero-order chi connectivity index (χ0) is 15.0. The van der Waals surface area contributed by atoms with Gasteiger partial charge in [-0.1, -0.05) is 30.3 Å². The minimum absolute atomic E-state index is 0.0721. The molecule has 110 valence electrons. The van der Waals surface area contributed by atoms with Crippen LogP contribution in [-0.4, -0.2) is 0 Å². The fourth-order valence-electron chi connectivity index (χ4n) is 2.70. The smallest absolute Gasteiger partial charge is 0.378 e. The van der Waals surface area contributed by atoms with E-state index in [4.69, 9.17) is 5.73 Å². The maximum Gasteiger partial charge on any atom is 0.416 e. The predicted octanol–water partition coefficient (Wildman–Crippen LogP) is 4.26. The first-order valence-electron chi connectivity index (χ1n) is 6.73. The van der Waals surface area contributed by atoms with Crippen molar-refractivity contribution >= 4 is 5.69 Å². The van der Waals surface area contributed by atoms with E-state index >= 15 is 0 Å². The van der Waals surface area contributed by atoms with Crippen LogP contribution < -0.4 is 11.1 Å². The molecule has 2 nitrogen and oxygen atoms in total. The summed E-state index contributed by atoms with van der Waals surface area (Å²) in [6.07, 6.45) is -3.65. The van der Waals surface area contributed by atoms with Crippen molar-refractivity contribution in [2.75, 3.05) is 5.32 Å². The molecular weight excluding hydrogens is 277 g/mol. The van der Waals surface area contributed by atoms with Gasteiger partial charge in [0.05, 0.1) is 11.6 Å². The van der Waals surface area contributed by atoms with E-state index < -0.39 is 11.7 Å². The van der Waals surface area contributed by atoms with E-state index in [1.165, 1.54) is 12.1 Å². The highest BCUT2D eigenvalue weighted by atomic mass is 19.4. The first kappa shape index (κ1) is 13.9. The molecule has 0 fully saturated rings. The average Bonchev–Trinajstić information content (AvgIpc) is 2.46. The van der Waals surface area contributed by atoms with E-state index in [1.807, 2.05) is 24.3 Å². The van der Waals surface area contributed by atoms with Crippen molar-refractivity contribution in [1.82, 2.24) is 0 Å².